The number of carbonyl (C=O) groups is 1. The van der Waals surface area contributed by atoms with E-state index >= 15 is 0 Å². The summed E-state index contributed by atoms with van der Waals surface area (Å²) in [5.74, 6) is 1.11. The van der Waals surface area contributed by atoms with Gasteiger partial charge in [-0.2, -0.15) is 10.2 Å². The molecule has 0 atom stereocenters. The molecule has 0 spiro atoms. The number of fused-ring (bicyclic) bond motifs is 1. The SMILES string of the molecule is COc1ccccc1-c1cc(NC(=O)CCc2c(C)nc3cc(C)nn3c2C)n[nH]1. The number of methoxy groups -OCH3 is 1. The maximum Gasteiger partial charge on any atom is 0.225 e. The van der Waals surface area contributed by atoms with Crippen LogP contribution in [0, 0.1) is 20.8 Å². The fraction of sp³-hybridized carbons (Fsp3) is 0.273. The first-order valence-corrected chi connectivity index (χ1v) is 9.77. The van der Waals surface area contributed by atoms with Crippen molar-refractivity contribution in [2.24, 2.45) is 0 Å². The second-order valence-electron chi connectivity index (χ2n) is 7.23. The lowest BCUT2D eigenvalue weighted by Crippen LogP contribution is -2.14. The normalized spacial score (nSPS) is 11.1. The first-order chi connectivity index (χ1) is 14.5. The molecule has 30 heavy (non-hydrogen) atoms. The fourth-order valence-corrected chi connectivity index (χ4v) is 3.64. The quantitative estimate of drug-likeness (QED) is 0.511. The zero-order chi connectivity index (χ0) is 21.3. The second-order valence-corrected chi connectivity index (χ2v) is 7.23. The highest BCUT2D eigenvalue weighted by Gasteiger charge is 2.14. The van der Waals surface area contributed by atoms with E-state index in [0.717, 1.165) is 45.3 Å². The number of hydrogen-bond donors (Lipinski definition) is 2. The van der Waals surface area contributed by atoms with Crippen LogP contribution in [0.5, 0.6) is 5.75 Å². The molecule has 0 aliphatic rings. The summed E-state index contributed by atoms with van der Waals surface area (Å²) in [5, 5.41) is 14.5. The first kappa shape index (κ1) is 19.6. The third-order valence-corrected chi connectivity index (χ3v) is 5.13. The molecule has 1 aromatic carbocycles. The molecule has 8 nitrogen and oxygen atoms in total. The van der Waals surface area contributed by atoms with Gasteiger partial charge in [-0.25, -0.2) is 9.50 Å². The number of anilines is 1. The topological polar surface area (TPSA) is 97.2 Å². The van der Waals surface area contributed by atoms with Crippen LogP contribution in [-0.4, -0.2) is 37.8 Å². The molecule has 3 heterocycles. The monoisotopic (exact) mass is 404 g/mol. The van der Waals surface area contributed by atoms with Crippen LogP contribution in [0.4, 0.5) is 5.82 Å². The van der Waals surface area contributed by atoms with Crippen LogP contribution >= 0.6 is 0 Å². The van der Waals surface area contributed by atoms with Crippen molar-refractivity contribution in [2.75, 3.05) is 12.4 Å². The minimum Gasteiger partial charge on any atom is -0.496 e. The van der Waals surface area contributed by atoms with Crippen molar-refractivity contribution in [3.05, 3.63) is 59.0 Å². The molecule has 0 fully saturated rings. The number of aromatic amines is 1. The van der Waals surface area contributed by atoms with E-state index in [1.54, 1.807) is 13.2 Å². The molecule has 0 saturated heterocycles. The van der Waals surface area contributed by atoms with Gasteiger partial charge in [-0.1, -0.05) is 12.1 Å². The Morgan fingerprint density at radius 2 is 2.00 bits per heavy atom. The molecule has 0 saturated carbocycles. The number of nitrogens with one attached hydrogen (secondary N) is 2. The fourth-order valence-electron chi connectivity index (χ4n) is 3.64. The molecule has 3 aromatic heterocycles. The minimum absolute atomic E-state index is 0.108. The molecule has 0 radical (unpaired) electrons. The predicted molar refractivity (Wildman–Crippen MR) is 115 cm³/mol. The largest absolute Gasteiger partial charge is 0.496 e. The van der Waals surface area contributed by atoms with Gasteiger partial charge < -0.3 is 10.1 Å². The van der Waals surface area contributed by atoms with Crippen LogP contribution < -0.4 is 10.1 Å². The zero-order valence-electron chi connectivity index (χ0n) is 17.5. The predicted octanol–water partition coefficient (Wildman–Crippen LogP) is 3.62. The highest BCUT2D eigenvalue weighted by Crippen LogP contribution is 2.29. The van der Waals surface area contributed by atoms with Gasteiger partial charge >= 0.3 is 0 Å². The van der Waals surface area contributed by atoms with Crippen molar-refractivity contribution in [1.82, 2.24) is 24.8 Å². The van der Waals surface area contributed by atoms with Gasteiger partial charge in [0.25, 0.3) is 0 Å². The van der Waals surface area contributed by atoms with Gasteiger partial charge in [0.15, 0.2) is 11.5 Å². The van der Waals surface area contributed by atoms with E-state index in [2.05, 4.69) is 25.6 Å². The van der Waals surface area contributed by atoms with Crippen molar-refractivity contribution in [1.29, 1.82) is 0 Å². The lowest BCUT2D eigenvalue weighted by atomic mass is 10.1. The molecule has 0 aliphatic carbocycles. The average Bonchev–Trinajstić information content (AvgIpc) is 3.33. The van der Waals surface area contributed by atoms with Crippen LogP contribution in [0.25, 0.3) is 16.9 Å². The Bertz CT molecular complexity index is 1220. The van der Waals surface area contributed by atoms with E-state index < -0.39 is 0 Å². The molecule has 0 aliphatic heterocycles. The summed E-state index contributed by atoms with van der Waals surface area (Å²) in [6.45, 7) is 5.92. The van der Waals surface area contributed by atoms with Gasteiger partial charge in [0.2, 0.25) is 5.91 Å². The number of aryl methyl sites for hydroxylation is 3. The summed E-state index contributed by atoms with van der Waals surface area (Å²) in [6, 6.07) is 11.4. The maximum absolute atomic E-state index is 12.5. The van der Waals surface area contributed by atoms with E-state index in [0.29, 0.717) is 18.7 Å². The van der Waals surface area contributed by atoms with Gasteiger partial charge in [0, 0.05) is 35.5 Å². The van der Waals surface area contributed by atoms with E-state index in [-0.39, 0.29) is 5.91 Å². The van der Waals surface area contributed by atoms with E-state index in [1.165, 1.54) is 0 Å². The first-order valence-electron chi connectivity index (χ1n) is 9.77. The summed E-state index contributed by atoms with van der Waals surface area (Å²) in [5.41, 5.74) is 6.38. The molecule has 154 valence electrons. The Kier molecular flexibility index (Phi) is 5.22. The smallest absolute Gasteiger partial charge is 0.225 e. The number of rotatable bonds is 6. The molecular formula is C22H24N6O2. The molecule has 2 N–H and O–H groups in total. The Morgan fingerprint density at radius 3 is 2.80 bits per heavy atom. The number of carbonyl (C=O) groups excluding carboxylic acids is 1. The Morgan fingerprint density at radius 1 is 1.20 bits per heavy atom. The van der Waals surface area contributed by atoms with Crippen molar-refractivity contribution >= 4 is 17.4 Å². The van der Waals surface area contributed by atoms with E-state index in [9.17, 15) is 4.79 Å². The van der Waals surface area contributed by atoms with Gasteiger partial charge in [-0.15, -0.1) is 0 Å². The zero-order valence-corrected chi connectivity index (χ0v) is 17.5. The van der Waals surface area contributed by atoms with Gasteiger partial charge in [-0.05, 0) is 44.9 Å². The Labute approximate surface area is 174 Å². The summed E-state index contributed by atoms with van der Waals surface area (Å²) in [4.78, 5) is 17.1. The summed E-state index contributed by atoms with van der Waals surface area (Å²) in [6.07, 6.45) is 0.904. The number of benzene rings is 1. The number of amides is 1. The molecule has 8 heteroatoms. The molecule has 4 aromatic rings. The van der Waals surface area contributed by atoms with Crippen LogP contribution in [0.2, 0.25) is 0 Å². The van der Waals surface area contributed by atoms with Crippen LogP contribution in [0.1, 0.15) is 29.1 Å². The van der Waals surface area contributed by atoms with Gasteiger partial charge in [0.1, 0.15) is 5.75 Å². The third kappa shape index (κ3) is 3.76. The molecular weight excluding hydrogens is 380 g/mol. The second kappa shape index (κ2) is 7.98. The van der Waals surface area contributed by atoms with Crippen LogP contribution in [0.3, 0.4) is 0 Å². The number of hydrogen-bond acceptors (Lipinski definition) is 5. The number of para-hydroxylation sites is 1. The van der Waals surface area contributed by atoms with Crippen molar-refractivity contribution in [2.45, 2.75) is 33.6 Å². The average molecular weight is 404 g/mol. The van der Waals surface area contributed by atoms with Gasteiger partial charge in [-0.3, -0.25) is 9.89 Å². The number of nitrogens with zero attached hydrogens (tertiary/aromatic N) is 4. The Hall–Kier alpha value is -3.68. The van der Waals surface area contributed by atoms with Gasteiger partial charge in [0.05, 0.1) is 18.5 Å². The summed E-state index contributed by atoms with van der Waals surface area (Å²) < 4.78 is 7.22. The highest BCUT2D eigenvalue weighted by molar-refractivity contribution is 5.90. The number of H-pyrrole nitrogens is 1. The van der Waals surface area contributed by atoms with Crippen molar-refractivity contribution in [3.63, 3.8) is 0 Å². The minimum atomic E-state index is -0.108. The number of ether oxygens (including phenoxy) is 1. The van der Waals surface area contributed by atoms with Crippen molar-refractivity contribution in [3.8, 4) is 17.0 Å². The number of aromatic nitrogens is 5. The molecule has 4 rings (SSSR count). The molecule has 1 amide bonds. The summed E-state index contributed by atoms with van der Waals surface area (Å²) in [7, 11) is 1.62. The van der Waals surface area contributed by atoms with E-state index in [4.69, 9.17) is 4.74 Å². The standard InChI is InChI=1S/C22H24N6O2/c1-13-11-21-23-14(2)16(15(3)28(21)27-13)9-10-22(29)24-20-12-18(25-26-20)17-7-5-6-8-19(17)30-4/h5-8,11-12H,9-10H2,1-4H3,(H2,24,25,26,29). The molecule has 0 bridgehead atoms. The van der Waals surface area contributed by atoms with Crippen LogP contribution in [0.15, 0.2) is 36.4 Å². The lowest BCUT2D eigenvalue weighted by molar-refractivity contribution is -0.116. The molecule has 0 unspecified atom stereocenters. The van der Waals surface area contributed by atoms with Crippen LogP contribution in [-0.2, 0) is 11.2 Å². The van der Waals surface area contributed by atoms with E-state index in [1.807, 2.05) is 55.6 Å². The summed E-state index contributed by atoms with van der Waals surface area (Å²) >= 11 is 0. The van der Waals surface area contributed by atoms with Crippen molar-refractivity contribution < 1.29 is 9.53 Å². The maximum atomic E-state index is 12.5. The lowest BCUT2D eigenvalue weighted by Gasteiger charge is -2.10. The highest BCUT2D eigenvalue weighted by atomic mass is 16.5. The third-order valence-electron chi connectivity index (χ3n) is 5.13. The Balaban J connectivity index is 1.45.